The van der Waals surface area contributed by atoms with E-state index in [1.807, 2.05) is 0 Å². The second-order valence-electron chi connectivity index (χ2n) is 4.37. The van der Waals surface area contributed by atoms with Gasteiger partial charge in [0.15, 0.2) is 0 Å². The van der Waals surface area contributed by atoms with Gasteiger partial charge in [-0.25, -0.2) is 0 Å². The largest absolute Gasteiger partial charge is 0.497 e. The van der Waals surface area contributed by atoms with Gasteiger partial charge in [-0.2, -0.15) is 0 Å². The zero-order valence-electron chi connectivity index (χ0n) is 10.3. The summed E-state index contributed by atoms with van der Waals surface area (Å²) in [6, 6.07) is 5.35. The summed E-state index contributed by atoms with van der Waals surface area (Å²) in [4.78, 5) is 11.8. The molecule has 1 aliphatic rings. The predicted octanol–water partition coefficient (Wildman–Crippen LogP) is 2.30. The molecule has 1 N–H and O–H groups in total. The van der Waals surface area contributed by atoms with Gasteiger partial charge < -0.3 is 14.8 Å². The van der Waals surface area contributed by atoms with Crippen molar-refractivity contribution < 1.29 is 14.3 Å². The van der Waals surface area contributed by atoms with E-state index in [1.165, 1.54) is 0 Å². The number of benzene rings is 1. The molecule has 0 unspecified atom stereocenters. The Morgan fingerprint density at radius 1 is 1.35 bits per heavy atom. The molecular weight excluding hydrogens is 218 g/mol. The van der Waals surface area contributed by atoms with Gasteiger partial charge in [-0.1, -0.05) is 6.92 Å². The standard InChI is InChI=1S/C13H17NO3/c1-8-6-10(8)13(15)14-11-5-4-9(16-2)7-12(11)17-3/h4-5,7-8,10H,6H2,1-3H3,(H,14,15)/t8-,10-/m0/s1. The number of carbonyl (C=O) groups excluding carboxylic acids is 1. The van der Waals surface area contributed by atoms with E-state index in [0.29, 0.717) is 23.1 Å². The average molecular weight is 235 g/mol. The Hall–Kier alpha value is -1.71. The number of ether oxygens (including phenoxy) is 2. The van der Waals surface area contributed by atoms with Crippen molar-refractivity contribution in [3.05, 3.63) is 18.2 Å². The maximum Gasteiger partial charge on any atom is 0.227 e. The summed E-state index contributed by atoms with van der Waals surface area (Å²) in [5.41, 5.74) is 0.692. The van der Waals surface area contributed by atoms with E-state index >= 15 is 0 Å². The number of carbonyl (C=O) groups is 1. The molecule has 2 atom stereocenters. The SMILES string of the molecule is COc1ccc(NC(=O)[C@H]2C[C@@H]2C)c(OC)c1. The zero-order valence-corrected chi connectivity index (χ0v) is 10.3. The second kappa shape index (κ2) is 4.65. The van der Waals surface area contributed by atoms with Gasteiger partial charge >= 0.3 is 0 Å². The zero-order chi connectivity index (χ0) is 12.4. The van der Waals surface area contributed by atoms with Crippen molar-refractivity contribution in [1.29, 1.82) is 0 Å². The highest BCUT2D eigenvalue weighted by atomic mass is 16.5. The predicted molar refractivity (Wildman–Crippen MR) is 65.4 cm³/mol. The molecule has 0 saturated heterocycles. The van der Waals surface area contributed by atoms with Crippen molar-refractivity contribution in [2.75, 3.05) is 19.5 Å². The van der Waals surface area contributed by atoms with Gasteiger partial charge in [0.2, 0.25) is 5.91 Å². The van der Waals surface area contributed by atoms with E-state index in [1.54, 1.807) is 32.4 Å². The fraction of sp³-hybridized carbons (Fsp3) is 0.462. The lowest BCUT2D eigenvalue weighted by atomic mass is 10.2. The van der Waals surface area contributed by atoms with Gasteiger partial charge in [-0.15, -0.1) is 0 Å². The molecule has 0 radical (unpaired) electrons. The summed E-state index contributed by atoms with van der Waals surface area (Å²) in [5.74, 6) is 2.05. The lowest BCUT2D eigenvalue weighted by molar-refractivity contribution is -0.117. The van der Waals surface area contributed by atoms with Crippen LogP contribution in [0.4, 0.5) is 5.69 Å². The molecule has 1 fully saturated rings. The Labute approximate surface area is 101 Å². The Balaban J connectivity index is 2.12. The first-order valence-corrected chi connectivity index (χ1v) is 5.68. The number of anilines is 1. The molecular formula is C13H17NO3. The fourth-order valence-electron chi connectivity index (χ4n) is 1.81. The fourth-order valence-corrected chi connectivity index (χ4v) is 1.81. The van der Waals surface area contributed by atoms with E-state index in [4.69, 9.17) is 9.47 Å². The van der Waals surface area contributed by atoms with Gasteiger partial charge in [0.05, 0.1) is 19.9 Å². The van der Waals surface area contributed by atoms with Crippen molar-refractivity contribution in [3.63, 3.8) is 0 Å². The second-order valence-corrected chi connectivity index (χ2v) is 4.37. The quantitative estimate of drug-likeness (QED) is 0.871. The Kier molecular flexibility index (Phi) is 3.22. The van der Waals surface area contributed by atoms with Crippen LogP contribution in [-0.2, 0) is 4.79 Å². The summed E-state index contributed by atoms with van der Waals surface area (Å²) in [7, 11) is 3.17. The topological polar surface area (TPSA) is 47.6 Å². The minimum absolute atomic E-state index is 0.0703. The molecule has 0 bridgehead atoms. The van der Waals surface area contributed by atoms with Crippen LogP contribution >= 0.6 is 0 Å². The van der Waals surface area contributed by atoms with Crippen molar-refractivity contribution in [2.24, 2.45) is 11.8 Å². The van der Waals surface area contributed by atoms with Crippen LogP contribution in [0.5, 0.6) is 11.5 Å². The first kappa shape index (κ1) is 11.8. The van der Waals surface area contributed by atoms with E-state index in [0.717, 1.165) is 6.42 Å². The van der Waals surface area contributed by atoms with Gasteiger partial charge in [-0.3, -0.25) is 4.79 Å². The molecule has 1 aromatic rings. The van der Waals surface area contributed by atoms with Crippen LogP contribution in [0.3, 0.4) is 0 Å². The maximum absolute atomic E-state index is 11.8. The van der Waals surface area contributed by atoms with Gasteiger partial charge in [0, 0.05) is 12.0 Å². The lowest BCUT2D eigenvalue weighted by Gasteiger charge is -2.11. The van der Waals surface area contributed by atoms with Crippen molar-refractivity contribution in [2.45, 2.75) is 13.3 Å². The van der Waals surface area contributed by atoms with Crippen LogP contribution in [0.25, 0.3) is 0 Å². The molecule has 0 aliphatic heterocycles. The molecule has 0 heterocycles. The minimum atomic E-state index is 0.0703. The number of hydrogen-bond acceptors (Lipinski definition) is 3. The van der Waals surface area contributed by atoms with Gasteiger partial charge in [0.25, 0.3) is 0 Å². The molecule has 1 aromatic carbocycles. The first-order valence-electron chi connectivity index (χ1n) is 5.68. The maximum atomic E-state index is 11.8. The summed E-state index contributed by atoms with van der Waals surface area (Å²) in [6.45, 7) is 2.08. The van der Waals surface area contributed by atoms with Crippen molar-refractivity contribution in [3.8, 4) is 11.5 Å². The molecule has 92 valence electrons. The summed E-state index contributed by atoms with van der Waals surface area (Å²) in [5, 5.41) is 2.89. The molecule has 1 aliphatic carbocycles. The molecule has 17 heavy (non-hydrogen) atoms. The number of amides is 1. The first-order chi connectivity index (χ1) is 8.15. The number of methoxy groups -OCH3 is 2. The summed E-state index contributed by atoms with van der Waals surface area (Å²) < 4.78 is 10.3. The summed E-state index contributed by atoms with van der Waals surface area (Å²) >= 11 is 0. The van der Waals surface area contributed by atoms with Crippen LogP contribution in [0.15, 0.2) is 18.2 Å². The van der Waals surface area contributed by atoms with Gasteiger partial charge in [0.1, 0.15) is 11.5 Å². The van der Waals surface area contributed by atoms with Crippen LogP contribution in [0.2, 0.25) is 0 Å². The van der Waals surface area contributed by atoms with Crippen molar-refractivity contribution >= 4 is 11.6 Å². The van der Waals surface area contributed by atoms with Crippen LogP contribution in [0.1, 0.15) is 13.3 Å². The third-order valence-corrected chi connectivity index (χ3v) is 3.11. The highest BCUT2D eigenvalue weighted by molar-refractivity contribution is 5.95. The van der Waals surface area contributed by atoms with E-state index in [-0.39, 0.29) is 11.8 Å². The number of hydrogen-bond donors (Lipinski definition) is 1. The Morgan fingerprint density at radius 2 is 2.06 bits per heavy atom. The Bertz CT molecular complexity index is 431. The normalized spacial score (nSPS) is 21.8. The van der Waals surface area contributed by atoms with Crippen LogP contribution < -0.4 is 14.8 Å². The highest BCUT2D eigenvalue weighted by Crippen LogP contribution is 2.39. The molecule has 1 amide bonds. The van der Waals surface area contributed by atoms with E-state index < -0.39 is 0 Å². The van der Waals surface area contributed by atoms with Crippen molar-refractivity contribution in [1.82, 2.24) is 0 Å². The van der Waals surface area contributed by atoms with Crippen LogP contribution in [0, 0.1) is 11.8 Å². The van der Waals surface area contributed by atoms with E-state index in [9.17, 15) is 4.79 Å². The monoisotopic (exact) mass is 235 g/mol. The number of nitrogens with one attached hydrogen (secondary N) is 1. The van der Waals surface area contributed by atoms with Gasteiger partial charge in [-0.05, 0) is 24.5 Å². The lowest BCUT2D eigenvalue weighted by Crippen LogP contribution is -2.15. The third-order valence-electron chi connectivity index (χ3n) is 3.11. The molecule has 4 heteroatoms. The molecule has 4 nitrogen and oxygen atoms in total. The molecule has 1 saturated carbocycles. The third kappa shape index (κ3) is 2.52. The minimum Gasteiger partial charge on any atom is -0.497 e. The van der Waals surface area contributed by atoms with Crippen LogP contribution in [-0.4, -0.2) is 20.1 Å². The average Bonchev–Trinajstić information content (AvgIpc) is 3.07. The van der Waals surface area contributed by atoms with E-state index in [2.05, 4.69) is 12.2 Å². The molecule has 0 aromatic heterocycles. The molecule has 0 spiro atoms. The Morgan fingerprint density at radius 3 is 2.59 bits per heavy atom. The number of rotatable bonds is 4. The molecule has 2 rings (SSSR count). The summed E-state index contributed by atoms with van der Waals surface area (Å²) in [6.07, 6.45) is 0.976. The highest BCUT2D eigenvalue weighted by Gasteiger charge is 2.39. The smallest absolute Gasteiger partial charge is 0.227 e.